The van der Waals surface area contributed by atoms with E-state index in [1.807, 2.05) is 12.3 Å². The Bertz CT molecular complexity index is 697. The first-order chi connectivity index (χ1) is 9.37. The smallest absolute Gasteiger partial charge is 0.165 e. The summed E-state index contributed by atoms with van der Waals surface area (Å²) >= 11 is 3.62. The summed E-state index contributed by atoms with van der Waals surface area (Å²) in [5.74, 6) is 0.263. The standard InChI is InChI=1S/C17H18BrNO/c1-11-4-5-13(18)14(8-11)19-7-6-12-15(19)9-17(2,3)10-16(12)20/h4-8H,9-10H2,1-3H3. The Hall–Kier alpha value is -1.35. The highest BCUT2D eigenvalue weighted by atomic mass is 79.9. The minimum atomic E-state index is 0.0382. The normalized spacial score (nSPS) is 17.1. The topological polar surface area (TPSA) is 22.0 Å². The lowest BCUT2D eigenvalue weighted by molar-refractivity contribution is 0.0911. The summed E-state index contributed by atoms with van der Waals surface area (Å²) in [6, 6.07) is 8.25. The van der Waals surface area contributed by atoms with Gasteiger partial charge in [0.05, 0.1) is 5.69 Å². The highest BCUT2D eigenvalue weighted by Gasteiger charge is 2.33. The van der Waals surface area contributed by atoms with Crippen molar-refractivity contribution in [3.05, 3.63) is 51.8 Å². The lowest BCUT2D eigenvalue weighted by atomic mass is 9.76. The number of benzene rings is 1. The largest absolute Gasteiger partial charge is 0.319 e. The summed E-state index contributed by atoms with van der Waals surface area (Å²) in [4.78, 5) is 12.3. The Balaban J connectivity index is 2.18. The molecule has 1 aromatic carbocycles. The number of hydrogen-bond acceptors (Lipinski definition) is 1. The molecule has 20 heavy (non-hydrogen) atoms. The number of fused-ring (bicyclic) bond motifs is 1. The zero-order chi connectivity index (χ0) is 14.5. The van der Waals surface area contributed by atoms with E-state index in [1.165, 1.54) is 5.56 Å². The summed E-state index contributed by atoms with van der Waals surface area (Å²) in [6.07, 6.45) is 3.59. The van der Waals surface area contributed by atoms with E-state index in [9.17, 15) is 4.79 Å². The van der Waals surface area contributed by atoms with Crippen molar-refractivity contribution in [2.75, 3.05) is 0 Å². The molecular weight excluding hydrogens is 314 g/mol. The molecule has 1 heterocycles. The Morgan fingerprint density at radius 1 is 1.20 bits per heavy atom. The zero-order valence-corrected chi connectivity index (χ0v) is 13.6. The highest BCUT2D eigenvalue weighted by molar-refractivity contribution is 9.10. The van der Waals surface area contributed by atoms with Gasteiger partial charge in [0, 0.05) is 28.3 Å². The lowest BCUT2D eigenvalue weighted by Crippen LogP contribution is -2.27. The maximum absolute atomic E-state index is 12.3. The van der Waals surface area contributed by atoms with E-state index in [-0.39, 0.29) is 11.2 Å². The van der Waals surface area contributed by atoms with Gasteiger partial charge in [0.1, 0.15) is 0 Å². The Kier molecular flexibility index (Phi) is 3.13. The molecule has 0 unspecified atom stereocenters. The van der Waals surface area contributed by atoms with Gasteiger partial charge >= 0.3 is 0 Å². The lowest BCUT2D eigenvalue weighted by Gasteiger charge is -2.30. The average Bonchev–Trinajstić information content (AvgIpc) is 2.74. The van der Waals surface area contributed by atoms with Crippen molar-refractivity contribution >= 4 is 21.7 Å². The minimum Gasteiger partial charge on any atom is -0.319 e. The molecule has 1 aliphatic carbocycles. The van der Waals surface area contributed by atoms with Crippen LogP contribution in [0.1, 0.15) is 41.9 Å². The number of hydrogen-bond donors (Lipinski definition) is 0. The van der Waals surface area contributed by atoms with Crippen LogP contribution in [0.25, 0.3) is 5.69 Å². The number of rotatable bonds is 1. The molecule has 0 N–H and O–H groups in total. The van der Waals surface area contributed by atoms with Crippen molar-refractivity contribution in [1.82, 2.24) is 4.57 Å². The Morgan fingerprint density at radius 3 is 2.70 bits per heavy atom. The maximum Gasteiger partial charge on any atom is 0.165 e. The third-order valence-corrected chi connectivity index (χ3v) is 4.61. The molecule has 2 nitrogen and oxygen atoms in total. The van der Waals surface area contributed by atoms with Gasteiger partial charge in [0.15, 0.2) is 5.78 Å². The van der Waals surface area contributed by atoms with Crippen molar-refractivity contribution in [3.63, 3.8) is 0 Å². The van der Waals surface area contributed by atoms with Crippen molar-refractivity contribution in [3.8, 4) is 5.69 Å². The van der Waals surface area contributed by atoms with Crippen LogP contribution in [0.15, 0.2) is 34.9 Å². The molecule has 1 aromatic heterocycles. The maximum atomic E-state index is 12.3. The number of aryl methyl sites for hydroxylation is 1. The third-order valence-electron chi connectivity index (χ3n) is 3.94. The number of carbonyl (C=O) groups excluding carboxylic acids is 1. The molecule has 0 aliphatic heterocycles. The number of carbonyl (C=O) groups is 1. The summed E-state index contributed by atoms with van der Waals surface area (Å²) in [7, 11) is 0. The van der Waals surface area contributed by atoms with E-state index in [0.717, 1.165) is 27.8 Å². The van der Waals surface area contributed by atoms with E-state index < -0.39 is 0 Å². The van der Waals surface area contributed by atoms with Crippen molar-refractivity contribution in [1.29, 1.82) is 0 Å². The molecule has 0 radical (unpaired) electrons. The van der Waals surface area contributed by atoms with E-state index in [2.05, 4.69) is 59.5 Å². The second kappa shape index (κ2) is 4.59. The second-order valence-electron chi connectivity index (χ2n) is 6.44. The molecule has 0 spiro atoms. The molecule has 0 fully saturated rings. The summed E-state index contributed by atoms with van der Waals surface area (Å²) in [6.45, 7) is 6.41. The first-order valence-corrected chi connectivity index (χ1v) is 7.67. The number of nitrogens with zero attached hydrogens (tertiary/aromatic N) is 1. The predicted octanol–water partition coefficient (Wildman–Crippen LogP) is 4.70. The first-order valence-electron chi connectivity index (χ1n) is 6.87. The monoisotopic (exact) mass is 331 g/mol. The van der Waals surface area contributed by atoms with Crippen LogP contribution >= 0.6 is 15.9 Å². The molecule has 104 valence electrons. The fourth-order valence-electron chi connectivity index (χ4n) is 2.98. The molecule has 0 saturated heterocycles. The molecule has 3 rings (SSSR count). The van der Waals surface area contributed by atoms with E-state index >= 15 is 0 Å². The van der Waals surface area contributed by atoms with Crippen LogP contribution in [-0.4, -0.2) is 10.4 Å². The molecule has 2 aromatic rings. The molecule has 1 aliphatic rings. The highest BCUT2D eigenvalue weighted by Crippen LogP contribution is 2.37. The molecular formula is C17H18BrNO. The van der Waals surface area contributed by atoms with Crippen LogP contribution < -0.4 is 0 Å². The van der Waals surface area contributed by atoms with Gasteiger partial charge in [-0.15, -0.1) is 0 Å². The second-order valence-corrected chi connectivity index (χ2v) is 7.30. The van der Waals surface area contributed by atoms with Gasteiger partial charge in [0.25, 0.3) is 0 Å². The summed E-state index contributed by atoms with van der Waals surface area (Å²) in [5, 5.41) is 0. The first kappa shape index (κ1) is 13.6. The van der Waals surface area contributed by atoms with Crippen LogP contribution in [0.5, 0.6) is 0 Å². The van der Waals surface area contributed by atoms with Gasteiger partial charge in [0.2, 0.25) is 0 Å². The Morgan fingerprint density at radius 2 is 1.95 bits per heavy atom. The number of Topliss-reactive ketones (excluding diaryl/α,β-unsaturated/α-hetero) is 1. The van der Waals surface area contributed by atoms with Gasteiger partial charge in [-0.2, -0.15) is 0 Å². The van der Waals surface area contributed by atoms with Gasteiger partial charge in [-0.3, -0.25) is 4.79 Å². The van der Waals surface area contributed by atoms with Crippen molar-refractivity contribution in [2.45, 2.75) is 33.6 Å². The van der Waals surface area contributed by atoms with E-state index in [1.54, 1.807) is 0 Å². The third kappa shape index (κ3) is 2.24. The minimum absolute atomic E-state index is 0.0382. The van der Waals surface area contributed by atoms with Gasteiger partial charge in [-0.1, -0.05) is 19.9 Å². The fourth-order valence-corrected chi connectivity index (χ4v) is 3.42. The van der Waals surface area contributed by atoms with E-state index in [0.29, 0.717) is 6.42 Å². The van der Waals surface area contributed by atoms with Gasteiger partial charge in [-0.05, 0) is 58.5 Å². The van der Waals surface area contributed by atoms with Crippen molar-refractivity contribution in [2.24, 2.45) is 5.41 Å². The molecule has 3 heteroatoms. The number of aromatic nitrogens is 1. The number of ketones is 1. The van der Waals surface area contributed by atoms with Crippen molar-refractivity contribution < 1.29 is 4.79 Å². The zero-order valence-electron chi connectivity index (χ0n) is 12.0. The SMILES string of the molecule is Cc1ccc(Br)c(-n2ccc3c2CC(C)(C)CC3=O)c1. The average molecular weight is 332 g/mol. The van der Waals surface area contributed by atoms with Gasteiger partial charge in [-0.25, -0.2) is 0 Å². The fraction of sp³-hybridized carbons (Fsp3) is 0.353. The summed E-state index contributed by atoms with van der Waals surface area (Å²) < 4.78 is 3.21. The van der Waals surface area contributed by atoms with E-state index in [4.69, 9.17) is 0 Å². The van der Waals surface area contributed by atoms with Gasteiger partial charge < -0.3 is 4.57 Å². The summed E-state index contributed by atoms with van der Waals surface area (Å²) in [5.41, 5.74) is 4.38. The molecule has 0 bridgehead atoms. The predicted molar refractivity (Wildman–Crippen MR) is 84.6 cm³/mol. The van der Waals surface area contributed by atoms with Crippen LogP contribution in [0, 0.1) is 12.3 Å². The molecule has 0 amide bonds. The number of halogens is 1. The van der Waals surface area contributed by atoms with Crippen LogP contribution in [0.3, 0.4) is 0 Å². The molecule has 0 saturated carbocycles. The quantitative estimate of drug-likeness (QED) is 0.742. The van der Waals surface area contributed by atoms with Crippen LogP contribution in [0.4, 0.5) is 0 Å². The van der Waals surface area contributed by atoms with Crippen LogP contribution in [0.2, 0.25) is 0 Å². The molecule has 0 atom stereocenters. The van der Waals surface area contributed by atoms with Crippen LogP contribution in [-0.2, 0) is 6.42 Å². The Labute approximate surface area is 127 Å².